The fourth-order valence-electron chi connectivity index (χ4n) is 2.99. The second-order valence-corrected chi connectivity index (χ2v) is 5.84. The molecule has 118 valence electrons. The van der Waals surface area contributed by atoms with Crippen molar-refractivity contribution in [3.63, 3.8) is 0 Å². The number of nitrogens with zero attached hydrogens (tertiary/aromatic N) is 1. The Morgan fingerprint density at radius 1 is 1.24 bits per heavy atom. The highest BCUT2D eigenvalue weighted by Crippen LogP contribution is 2.27. The lowest BCUT2D eigenvalue weighted by Crippen LogP contribution is -2.34. The Bertz CT molecular complexity index is 448. The maximum absolute atomic E-state index is 12.4. The molecule has 1 aromatic rings. The van der Waals surface area contributed by atoms with E-state index in [0.717, 1.165) is 49.2 Å². The first-order valence-electron chi connectivity index (χ1n) is 7.37. The molecule has 5 heteroatoms. The molecule has 3 nitrogen and oxygen atoms in total. The lowest BCUT2D eigenvalue weighted by atomic mass is 9.97. The van der Waals surface area contributed by atoms with Crippen LogP contribution in [-0.2, 0) is 6.54 Å². The minimum atomic E-state index is -2.79. The Balaban J connectivity index is 2.01. The van der Waals surface area contributed by atoms with Gasteiger partial charge in [0.1, 0.15) is 5.75 Å². The Morgan fingerprint density at radius 2 is 1.81 bits per heavy atom. The normalized spacial score (nSPS) is 17.4. The van der Waals surface area contributed by atoms with E-state index >= 15 is 0 Å². The van der Waals surface area contributed by atoms with Crippen molar-refractivity contribution >= 4 is 0 Å². The summed E-state index contributed by atoms with van der Waals surface area (Å²) >= 11 is 0. The van der Waals surface area contributed by atoms with Crippen LogP contribution in [0.1, 0.15) is 29.5 Å². The van der Waals surface area contributed by atoms with Crippen LogP contribution in [0.3, 0.4) is 0 Å². The van der Waals surface area contributed by atoms with Gasteiger partial charge in [-0.1, -0.05) is 12.1 Å². The number of piperidine rings is 1. The first-order chi connectivity index (χ1) is 9.99. The van der Waals surface area contributed by atoms with Gasteiger partial charge in [-0.25, -0.2) is 0 Å². The predicted octanol–water partition coefficient (Wildman–Crippen LogP) is 3.11. The van der Waals surface area contributed by atoms with Crippen LogP contribution in [0, 0.1) is 19.8 Å². The molecule has 0 atom stereocenters. The summed E-state index contributed by atoms with van der Waals surface area (Å²) in [4.78, 5) is 2.34. The molecular weight excluding hydrogens is 276 g/mol. The minimum absolute atomic E-state index is 0.270. The smallest absolute Gasteiger partial charge is 0.387 e. The molecule has 21 heavy (non-hydrogen) atoms. The fourth-order valence-corrected chi connectivity index (χ4v) is 2.99. The second-order valence-electron chi connectivity index (χ2n) is 5.84. The molecule has 1 aliphatic rings. The molecule has 0 saturated carbocycles. The van der Waals surface area contributed by atoms with E-state index in [-0.39, 0.29) is 12.4 Å². The van der Waals surface area contributed by atoms with Gasteiger partial charge in [-0.05, 0) is 62.4 Å². The molecule has 0 aromatic heterocycles. The van der Waals surface area contributed by atoms with Crippen molar-refractivity contribution < 1.29 is 18.6 Å². The van der Waals surface area contributed by atoms with Gasteiger partial charge in [-0.2, -0.15) is 8.78 Å². The molecule has 0 aliphatic carbocycles. The van der Waals surface area contributed by atoms with Gasteiger partial charge in [0.15, 0.2) is 0 Å². The Kier molecular flexibility index (Phi) is 5.53. The van der Waals surface area contributed by atoms with Gasteiger partial charge in [0.05, 0.1) is 0 Å². The number of aliphatic hydroxyl groups is 1. The molecule has 0 spiro atoms. The monoisotopic (exact) mass is 299 g/mol. The summed E-state index contributed by atoms with van der Waals surface area (Å²) in [5, 5.41) is 9.15. The van der Waals surface area contributed by atoms with Gasteiger partial charge in [0.25, 0.3) is 0 Å². The maximum Gasteiger partial charge on any atom is 0.387 e. The maximum atomic E-state index is 12.4. The molecule has 2 rings (SSSR count). The summed E-state index contributed by atoms with van der Waals surface area (Å²) < 4.78 is 29.3. The molecule has 0 radical (unpaired) electrons. The van der Waals surface area contributed by atoms with Crippen LogP contribution in [0.15, 0.2) is 12.1 Å². The molecular formula is C16H23F2NO2. The molecule has 1 fully saturated rings. The van der Waals surface area contributed by atoms with E-state index in [0.29, 0.717) is 5.92 Å². The summed E-state index contributed by atoms with van der Waals surface area (Å²) in [6.07, 6.45) is 2.03. The first-order valence-corrected chi connectivity index (χ1v) is 7.37. The number of alkyl halides is 2. The lowest BCUT2D eigenvalue weighted by Gasteiger charge is -2.31. The van der Waals surface area contributed by atoms with E-state index in [1.807, 2.05) is 12.1 Å². The van der Waals surface area contributed by atoms with Gasteiger partial charge in [-0.15, -0.1) is 0 Å². The van der Waals surface area contributed by atoms with Crippen molar-refractivity contribution in [2.45, 2.75) is 39.8 Å². The Morgan fingerprint density at radius 3 is 2.29 bits per heavy atom. The number of aliphatic hydroxyl groups excluding tert-OH is 1. The van der Waals surface area contributed by atoms with E-state index in [1.54, 1.807) is 13.8 Å². The third-order valence-electron chi connectivity index (χ3n) is 4.10. The quantitative estimate of drug-likeness (QED) is 0.907. The van der Waals surface area contributed by atoms with Gasteiger partial charge in [0.2, 0.25) is 0 Å². The summed E-state index contributed by atoms with van der Waals surface area (Å²) in [5.74, 6) is 0.708. The number of benzene rings is 1. The topological polar surface area (TPSA) is 32.7 Å². The predicted molar refractivity (Wildman–Crippen MR) is 77.6 cm³/mol. The van der Waals surface area contributed by atoms with Crippen LogP contribution in [0.25, 0.3) is 0 Å². The molecule has 1 N–H and O–H groups in total. The van der Waals surface area contributed by atoms with Crippen LogP contribution in [0.5, 0.6) is 5.75 Å². The van der Waals surface area contributed by atoms with E-state index in [2.05, 4.69) is 9.64 Å². The molecule has 0 unspecified atom stereocenters. The zero-order valence-electron chi connectivity index (χ0n) is 12.6. The number of halogens is 2. The molecule has 0 bridgehead atoms. The summed E-state index contributed by atoms with van der Waals surface area (Å²) in [7, 11) is 0. The van der Waals surface area contributed by atoms with Crippen molar-refractivity contribution in [1.82, 2.24) is 4.90 Å². The first kappa shape index (κ1) is 16.2. The third-order valence-corrected chi connectivity index (χ3v) is 4.10. The van der Waals surface area contributed by atoms with Crippen LogP contribution in [0.2, 0.25) is 0 Å². The van der Waals surface area contributed by atoms with Crippen LogP contribution in [0.4, 0.5) is 8.78 Å². The molecule has 1 aliphatic heterocycles. The van der Waals surface area contributed by atoms with E-state index < -0.39 is 6.61 Å². The Labute approximate surface area is 124 Å². The van der Waals surface area contributed by atoms with Crippen molar-refractivity contribution in [1.29, 1.82) is 0 Å². The molecule has 1 aromatic carbocycles. The average Bonchev–Trinajstić information content (AvgIpc) is 2.43. The molecule has 1 saturated heterocycles. The Hall–Kier alpha value is -1.20. The number of ether oxygens (including phenoxy) is 1. The van der Waals surface area contributed by atoms with Crippen molar-refractivity contribution in [2.24, 2.45) is 5.92 Å². The fraction of sp³-hybridized carbons (Fsp3) is 0.625. The number of likely N-dealkylation sites (tertiary alicyclic amines) is 1. The SMILES string of the molecule is Cc1cc(CN2CCC(CO)CC2)cc(C)c1OC(F)F. The molecule has 0 amide bonds. The largest absolute Gasteiger partial charge is 0.434 e. The third kappa shape index (κ3) is 4.38. The van der Waals surface area contributed by atoms with Crippen molar-refractivity contribution in [2.75, 3.05) is 19.7 Å². The minimum Gasteiger partial charge on any atom is -0.434 e. The van der Waals surface area contributed by atoms with E-state index in [1.165, 1.54) is 0 Å². The van der Waals surface area contributed by atoms with Gasteiger partial charge >= 0.3 is 6.61 Å². The van der Waals surface area contributed by atoms with Gasteiger partial charge in [-0.3, -0.25) is 4.90 Å². The van der Waals surface area contributed by atoms with E-state index in [4.69, 9.17) is 5.11 Å². The lowest BCUT2D eigenvalue weighted by molar-refractivity contribution is -0.0507. The number of hydrogen-bond donors (Lipinski definition) is 1. The summed E-state index contributed by atoms with van der Waals surface area (Å²) in [6.45, 7) is 3.83. The van der Waals surface area contributed by atoms with Crippen LogP contribution in [-0.4, -0.2) is 36.3 Å². The summed E-state index contributed by atoms with van der Waals surface area (Å²) in [5.41, 5.74) is 2.61. The van der Waals surface area contributed by atoms with E-state index in [9.17, 15) is 8.78 Å². The highest BCUT2D eigenvalue weighted by Gasteiger charge is 2.19. The average molecular weight is 299 g/mol. The second kappa shape index (κ2) is 7.18. The zero-order chi connectivity index (χ0) is 15.4. The van der Waals surface area contributed by atoms with Crippen molar-refractivity contribution in [3.05, 3.63) is 28.8 Å². The number of rotatable bonds is 5. The zero-order valence-corrected chi connectivity index (χ0v) is 12.6. The van der Waals surface area contributed by atoms with Gasteiger partial charge < -0.3 is 9.84 Å². The molecule has 1 heterocycles. The van der Waals surface area contributed by atoms with Gasteiger partial charge in [0, 0.05) is 13.2 Å². The van der Waals surface area contributed by atoms with Crippen LogP contribution >= 0.6 is 0 Å². The van der Waals surface area contributed by atoms with Crippen molar-refractivity contribution in [3.8, 4) is 5.75 Å². The number of aryl methyl sites for hydroxylation is 2. The highest BCUT2D eigenvalue weighted by molar-refractivity contribution is 5.43. The summed E-state index contributed by atoms with van der Waals surface area (Å²) in [6, 6.07) is 3.84. The van der Waals surface area contributed by atoms with Crippen LogP contribution < -0.4 is 4.74 Å². The standard InChI is InChI=1S/C16H23F2NO2/c1-11-7-14(8-12(2)15(11)21-16(17)18)9-19-5-3-13(10-20)4-6-19/h7-8,13,16,20H,3-6,9-10H2,1-2H3. The highest BCUT2D eigenvalue weighted by atomic mass is 19.3. The number of hydrogen-bond acceptors (Lipinski definition) is 3.